The highest BCUT2D eigenvalue weighted by atomic mass is 16.4. The first-order chi connectivity index (χ1) is 9.46. The van der Waals surface area contributed by atoms with E-state index >= 15 is 0 Å². The van der Waals surface area contributed by atoms with Crippen LogP contribution in [0.2, 0.25) is 0 Å². The largest absolute Gasteiger partial charge is 0.481 e. The maximum atomic E-state index is 12.5. The molecule has 1 amide bonds. The van der Waals surface area contributed by atoms with E-state index in [1.54, 1.807) is 0 Å². The molecular formula is C15H28N2O3. The van der Waals surface area contributed by atoms with E-state index in [1.807, 2.05) is 20.8 Å². The number of carbonyl (C=O) groups excluding carboxylic acids is 1. The summed E-state index contributed by atoms with van der Waals surface area (Å²) in [6.45, 7) is 7.61. The van der Waals surface area contributed by atoms with Gasteiger partial charge in [0.2, 0.25) is 5.91 Å². The van der Waals surface area contributed by atoms with Crippen LogP contribution in [0.5, 0.6) is 0 Å². The first kappa shape index (κ1) is 17.0. The average Bonchev–Trinajstić information content (AvgIpc) is 2.48. The molecule has 0 bridgehead atoms. The van der Waals surface area contributed by atoms with Gasteiger partial charge in [0.25, 0.3) is 0 Å². The quantitative estimate of drug-likeness (QED) is 0.666. The van der Waals surface area contributed by atoms with E-state index in [4.69, 9.17) is 0 Å². The highest BCUT2D eigenvalue weighted by Gasteiger charge is 2.40. The molecule has 0 spiro atoms. The molecule has 1 atom stereocenters. The van der Waals surface area contributed by atoms with Gasteiger partial charge in [-0.25, -0.2) is 0 Å². The Kier molecular flexibility index (Phi) is 5.99. The van der Waals surface area contributed by atoms with Crippen molar-refractivity contribution in [2.75, 3.05) is 19.6 Å². The second-order valence-electron chi connectivity index (χ2n) is 5.89. The van der Waals surface area contributed by atoms with Crippen LogP contribution in [0.1, 0.15) is 52.9 Å². The first-order valence-corrected chi connectivity index (χ1v) is 7.69. The van der Waals surface area contributed by atoms with Gasteiger partial charge in [-0.05, 0) is 38.6 Å². The second-order valence-corrected chi connectivity index (χ2v) is 5.89. The van der Waals surface area contributed by atoms with Crippen LogP contribution in [0.15, 0.2) is 0 Å². The molecule has 0 aromatic rings. The molecule has 3 N–H and O–H groups in total. The molecule has 1 fully saturated rings. The fourth-order valence-corrected chi connectivity index (χ4v) is 2.94. The lowest BCUT2D eigenvalue weighted by Gasteiger charge is -2.37. The van der Waals surface area contributed by atoms with Gasteiger partial charge in [-0.3, -0.25) is 9.59 Å². The van der Waals surface area contributed by atoms with Gasteiger partial charge in [0.05, 0.1) is 10.8 Å². The first-order valence-electron chi connectivity index (χ1n) is 7.69. The minimum absolute atomic E-state index is 0.000255. The molecule has 20 heavy (non-hydrogen) atoms. The molecule has 0 aliphatic carbocycles. The number of nitrogens with one attached hydrogen (secondary N) is 2. The number of aliphatic carboxylic acids is 1. The number of hydrogen-bond donors (Lipinski definition) is 3. The average molecular weight is 284 g/mol. The van der Waals surface area contributed by atoms with Crippen LogP contribution in [0, 0.1) is 10.8 Å². The summed E-state index contributed by atoms with van der Waals surface area (Å²) in [4.78, 5) is 24.0. The molecule has 5 nitrogen and oxygen atoms in total. The van der Waals surface area contributed by atoms with Crippen molar-refractivity contribution in [3.05, 3.63) is 0 Å². The Labute approximate surface area is 121 Å². The third-order valence-electron chi connectivity index (χ3n) is 5.03. The summed E-state index contributed by atoms with van der Waals surface area (Å²) in [5.41, 5.74) is -1.21. The van der Waals surface area contributed by atoms with E-state index in [1.165, 1.54) is 0 Å². The number of rotatable bonds is 7. The Morgan fingerprint density at radius 2 is 1.95 bits per heavy atom. The zero-order valence-corrected chi connectivity index (χ0v) is 12.9. The summed E-state index contributed by atoms with van der Waals surface area (Å²) in [5, 5.41) is 15.6. The molecule has 1 aliphatic rings. The van der Waals surface area contributed by atoms with E-state index in [-0.39, 0.29) is 17.9 Å². The van der Waals surface area contributed by atoms with Crippen molar-refractivity contribution >= 4 is 11.9 Å². The Morgan fingerprint density at radius 3 is 2.35 bits per heavy atom. The van der Waals surface area contributed by atoms with E-state index in [0.29, 0.717) is 19.4 Å². The summed E-state index contributed by atoms with van der Waals surface area (Å²) in [5.74, 6) is -0.824. The molecule has 0 aromatic carbocycles. The topological polar surface area (TPSA) is 78.4 Å². The van der Waals surface area contributed by atoms with Gasteiger partial charge in [0.1, 0.15) is 0 Å². The lowest BCUT2D eigenvalue weighted by molar-refractivity contribution is -0.149. The maximum Gasteiger partial charge on any atom is 0.311 e. The zero-order valence-electron chi connectivity index (χ0n) is 12.9. The van der Waals surface area contributed by atoms with Crippen molar-refractivity contribution in [1.82, 2.24) is 10.6 Å². The number of amides is 1. The molecule has 1 aliphatic heterocycles. The normalized spacial score (nSPS) is 23.4. The predicted molar refractivity (Wildman–Crippen MR) is 78.5 cm³/mol. The van der Waals surface area contributed by atoms with Crippen LogP contribution in [0.25, 0.3) is 0 Å². The minimum Gasteiger partial charge on any atom is -0.481 e. The van der Waals surface area contributed by atoms with Gasteiger partial charge in [-0.2, -0.15) is 0 Å². The summed E-state index contributed by atoms with van der Waals surface area (Å²) < 4.78 is 0. The van der Waals surface area contributed by atoms with Crippen LogP contribution in [-0.2, 0) is 9.59 Å². The van der Waals surface area contributed by atoms with Gasteiger partial charge >= 0.3 is 5.97 Å². The number of hydrogen-bond acceptors (Lipinski definition) is 3. The highest BCUT2D eigenvalue weighted by Crippen LogP contribution is 2.31. The van der Waals surface area contributed by atoms with Crippen LogP contribution in [-0.4, -0.2) is 36.6 Å². The zero-order chi connectivity index (χ0) is 15.2. The molecule has 1 unspecified atom stereocenters. The van der Waals surface area contributed by atoms with Crippen molar-refractivity contribution in [3.63, 3.8) is 0 Å². The Balaban J connectivity index is 2.71. The number of carboxylic acids is 1. The third-order valence-corrected chi connectivity index (χ3v) is 5.03. The lowest BCUT2D eigenvalue weighted by Crippen LogP contribution is -2.53. The summed E-state index contributed by atoms with van der Waals surface area (Å²) in [6, 6.07) is 0. The van der Waals surface area contributed by atoms with Crippen LogP contribution >= 0.6 is 0 Å². The molecule has 1 rings (SSSR count). The summed E-state index contributed by atoms with van der Waals surface area (Å²) in [6.07, 6.45) is 3.70. The van der Waals surface area contributed by atoms with Crippen LogP contribution in [0.3, 0.4) is 0 Å². The number of piperidine rings is 1. The Morgan fingerprint density at radius 1 is 1.30 bits per heavy atom. The van der Waals surface area contributed by atoms with Gasteiger partial charge in [0, 0.05) is 13.1 Å². The van der Waals surface area contributed by atoms with Gasteiger partial charge < -0.3 is 15.7 Å². The van der Waals surface area contributed by atoms with Crippen molar-refractivity contribution in [2.45, 2.75) is 52.9 Å². The van der Waals surface area contributed by atoms with Crippen LogP contribution < -0.4 is 10.6 Å². The van der Waals surface area contributed by atoms with Crippen molar-refractivity contribution in [2.24, 2.45) is 10.8 Å². The molecule has 0 aromatic heterocycles. The Bertz CT molecular complexity index is 345. The third kappa shape index (κ3) is 3.32. The van der Waals surface area contributed by atoms with Crippen molar-refractivity contribution in [1.29, 1.82) is 0 Å². The molecule has 0 saturated carbocycles. The number of carboxylic acid groups (broad SMARTS) is 1. The summed E-state index contributed by atoms with van der Waals surface area (Å²) >= 11 is 0. The SMILES string of the molecule is CCC(CC)(CNC(=O)C1(CC)CCCNC1)C(=O)O. The van der Waals surface area contributed by atoms with E-state index in [0.717, 1.165) is 25.8 Å². The van der Waals surface area contributed by atoms with Gasteiger partial charge in [0.15, 0.2) is 0 Å². The Hall–Kier alpha value is -1.10. The highest BCUT2D eigenvalue weighted by molar-refractivity contribution is 5.84. The standard InChI is InChI=1S/C15H28N2O3/c1-4-14(5-2,13(19)20)11-17-12(18)15(6-3)8-7-9-16-10-15/h16H,4-11H2,1-3H3,(H,17,18)(H,19,20). The molecule has 1 heterocycles. The van der Waals surface area contributed by atoms with Gasteiger partial charge in [-0.1, -0.05) is 20.8 Å². The molecule has 5 heteroatoms. The monoisotopic (exact) mass is 284 g/mol. The molecule has 116 valence electrons. The van der Waals surface area contributed by atoms with Crippen LogP contribution in [0.4, 0.5) is 0 Å². The molecule has 1 saturated heterocycles. The minimum atomic E-state index is -0.841. The number of carbonyl (C=O) groups is 2. The van der Waals surface area contributed by atoms with Gasteiger partial charge in [-0.15, -0.1) is 0 Å². The lowest BCUT2D eigenvalue weighted by atomic mass is 9.76. The van der Waals surface area contributed by atoms with E-state index in [2.05, 4.69) is 10.6 Å². The fourth-order valence-electron chi connectivity index (χ4n) is 2.94. The second kappa shape index (κ2) is 7.07. The fraction of sp³-hybridized carbons (Fsp3) is 0.867. The molecular weight excluding hydrogens is 256 g/mol. The molecule has 0 radical (unpaired) electrons. The smallest absolute Gasteiger partial charge is 0.311 e. The van der Waals surface area contributed by atoms with E-state index in [9.17, 15) is 14.7 Å². The van der Waals surface area contributed by atoms with Crippen molar-refractivity contribution in [3.8, 4) is 0 Å². The predicted octanol–water partition coefficient (Wildman–Crippen LogP) is 1.77. The van der Waals surface area contributed by atoms with E-state index < -0.39 is 11.4 Å². The van der Waals surface area contributed by atoms with Crippen molar-refractivity contribution < 1.29 is 14.7 Å². The summed E-state index contributed by atoms with van der Waals surface area (Å²) in [7, 11) is 0. The maximum absolute atomic E-state index is 12.5.